The van der Waals surface area contributed by atoms with E-state index in [2.05, 4.69) is 19.2 Å². The van der Waals surface area contributed by atoms with Gasteiger partial charge in [-0.05, 0) is 18.1 Å². The molecular weight excluding hydrogens is 134 g/mol. The number of allylic oxidation sites excluding steroid dienone is 4. The number of hydrogen-bond acceptors (Lipinski definition) is 1. The van der Waals surface area contributed by atoms with Gasteiger partial charge >= 0.3 is 0 Å². The molecule has 1 heteroatoms. The van der Waals surface area contributed by atoms with Gasteiger partial charge in [0.25, 0.3) is 0 Å². The maximum atomic E-state index is 3.75. The average molecular weight is 147 g/mol. The van der Waals surface area contributed by atoms with E-state index < -0.39 is 0 Å². The molecule has 0 N–H and O–H groups in total. The molecule has 0 unspecified atom stereocenters. The monoisotopic (exact) mass is 147 g/mol. The molecule has 1 aliphatic heterocycles. The third-order valence-corrected chi connectivity index (χ3v) is 1.82. The van der Waals surface area contributed by atoms with E-state index in [0.717, 1.165) is 12.1 Å². The van der Waals surface area contributed by atoms with Gasteiger partial charge in [-0.3, -0.25) is 0 Å². The van der Waals surface area contributed by atoms with Crippen molar-refractivity contribution in [2.24, 2.45) is 0 Å². The third kappa shape index (κ3) is 1.43. The van der Waals surface area contributed by atoms with Crippen molar-refractivity contribution in [2.45, 2.75) is 6.42 Å². The van der Waals surface area contributed by atoms with Crippen LogP contribution in [-0.2, 0) is 0 Å². The molecule has 0 saturated carbocycles. The van der Waals surface area contributed by atoms with E-state index in [0.29, 0.717) is 0 Å². The van der Waals surface area contributed by atoms with Crippen molar-refractivity contribution in [2.75, 3.05) is 7.05 Å². The second-order valence-corrected chi connectivity index (χ2v) is 2.52. The molecule has 0 aromatic heterocycles. The van der Waals surface area contributed by atoms with Gasteiger partial charge in [0, 0.05) is 18.9 Å². The van der Waals surface area contributed by atoms with E-state index in [4.69, 9.17) is 0 Å². The van der Waals surface area contributed by atoms with Crippen molar-refractivity contribution in [3.05, 3.63) is 48.9 Å². The van der Waals surface area contributed by atoms with Gasteiger partial charge in [-0.1, -0.05) is 25.3 Å². The van der Waals surface area contributed by atoms with E-state index in [1.54, 1.807) is 0 Å². The number of rotatable bonds is 2. The van der Waals surface area contributed by atoms with Crippen molar-refractivity contribution < 1.29 is 0 Å². The molecule has 0 fully saturated rings. The first-order valence-electron chi connectivity index (χ1n) is 3.67. The fourth-order valence-corrected chi connectivity index (χ4v) is 1.21. The second-order valence-electron chi connectivity index (χ2n) is 2.52. The van der Waals surface area contributed by atoms with Gasteiger partial charge < -0.3 is 4.90 Å². The molecule has 0 radical (unpaired) electrons. The minimum Gasteiger partial charge on any atom is -0.351 e. The fraction of sp³-hybridized carbons (Fsp3) is 0.200. The Morgan fingerprint density at radius 3 is 2.64 bits per heavy atom. The van der Waals surface area contributed by atoms with Crippen molar-refractivity contribution >= 4 is 0 Å². The van der Waals surface area contributed by atoms with Crippen molar-refractivity contribution in [3.8, 4) is 0 Å². The van der Waals surface area contributed by atoms with E-state index in [9.17, 15) is 0 Å². The van der Waals surface area contributed by atoms with Crippen LogP contribution in [0.5, 0.6) is 0 Å². The molecule has 58 valence electrons. The maximum absolute atomic E-state index is 3.75. The van der Waals surface area contributed by atoms with Crippen molar-refractivity contribution in [3.63, 3.8) is 0 Å². The Morgan fingerprint density at radius 2 is 2.18 bits per heavy atom. The molecule has 0 bridgehead atoms. The Kier molecular flexibility index (Phi) is 2.32. The summed E-state index contributed by atoms with van der Waals surface area (Å²) in [5, 5.41) is 0. The minimum atomic E-state index is 0.967. The molecule has 0 aromatic carbocycles. The molecule has 1 heterocycles. The van der Waals surface area contributed by atoms with E-state index in [-0.39, 0.29) is 0 Å². The average Bonchev–Trinajstić information content (AvgIpc) is 2.04. The molecule has 1 nitrogen and oxygen atoms in total. The fourth-order valence-electron chi connectivity index (χ4n) is 1.21. The number of likely N-dealkylation sites (N-methyl/N-ethyl adjacent to an activating group) is 1. The summed E-state index contributed by atoms with van der Waals surface area (Å²) >= 11 is 0. The number of nitrogens with zero attached hydrogens (tertiary/aromatic N) is 1. The van der Waals surface area contributed by atoms with Gasteiger partial charge in [0.15, 0.2) is 0 Å². The summed E-state index contributed by atoms with van der Waals surface area (Å²) in [6.07, 6.45) is 8.88. The van der Waals surface area contributed by atoms with Crippen LogP contribution in [0.1, 0.15) is 6.42 Å². The van der Waals surface area contributed by atoms with E-state index in [1.807, 2.05) is 30.3 Å². The first kappa shape index (κ1) is 7.86. The first-order chi connectivity index (χ1) is 5.29. The summed E-state index contributed by atoms with van der Waals surface area (Å²) in [7, 11) is 2.01. The lowest BCUT2D eigenvalue weighted by atomic mass is 10.1. The smallest absolute Gasteiger partial charge is 0.0432 e. The Balaban J connectivity index is 2.98. The molecule has 11 heavy (non-hydrogen) atoms. The molecule has 0 spiro atoms. The lowest BCUT2D eigenvalue weighted by molar-refractivity contribution is 0.569. The predicted octanol–water partition coefficient (Wildman–Crippen LogP) is 2.46. The van der Waals surface area contributed by atoms with Gasteiger partial charge in [-0.2, -0.15) is 0 Å². The summed E-state index contributed by atoms with van der Waals surface area (Å²) in [6.45, 7) is 7.50. The van der Waals surface area contributed by atoms with Gasteiger partial charge in [0.05, 0.1) is 0 Å². The van der Waals surface area contributed by atoms with Crippen LogP contribution in [0.2, 0.25) is 0 Å². The van der Waals surface area contributed by atoms with E-state index >= 15 is 0 Å². The molecule has 1 rings (SSSR count). The summed E-state index contributed by atoms with van der Waals surface area (Å²) < 4.78 is 0. The van der Waals surface area contributed by atoms with Crippen LogP contribution in [0.4, 0.5) is 0 Å². The summed E-state index contributed by atoms with van der Waals surface area (Å²) in [6, 6.07) is 0. The normalized spacial score (nSPS) is 17.0. The summed E-state index contributed by atoms with van der Waals surface area (Å²) in [4.78, 5) is 2.05. The summed E-state index contributed by atoms with van der Waals surface area (Å²) in [5.74, 6) is 0. The van der Waals surface area contributed by atoms with Crippen LogP contribution in [0.25, 0.3) is 0 Å². The topological polar surface area (TPSA) is 3.24 Å². The van der Waals surface area contributed by atoms with Crippen LogP contribution in [0.15, 0.2) is 48.9 Å². The Bertz CT molecular complexity index is 233. The first-order valence-corrected chi connectivity index (χ1v) is 3.67. The van der Waals surface area contributed by atoms with E-state index in [1.165, 1.54) is 5.57 Å². The maximum Gasteiger partial charge on any atom is 0.0432 e. The van der Waals surface area contributed by atoms with Crippen LogP contribution in [-0.4, -0.2) is 11.9 Å². The zero-order chi connectivity index (χ0) is 8.27. The van der Waals surface area contributed by atoms with Crippen molar-refractivity contribution in [1.29, 1.82) is 0 Å². The third-order valence-electron chi connectivity index (χ3n) is 1.82. The molecule has 0 atom stereocenters. The van der Waals surface area contributed by atoms with Crippen LogP contribution in [0, 0.1) is 0 Å². The minimum absolute atomic E-state index is 0.967. The predicted molar refractivity (Wildman–Crippen MR) is 48.9 cm³/mol. The SMILES string of the molecule is C=CC1=C(C=C)N(C)C=CC1. The summed E-state index contributed by atoms with van der Waals surface area (Å²) in [5.41, 5.74) is 2.40. The Labute approximate surface area is 68.0 Å². The zero-order valence-corrected chi connectivity index (χ0v) is 6.88. The highest BCUT2D eigenvalue weighted by Crippen LogP contribution is 2.19. The van der Waals surface area contributed by atoms with Gasteiger partial charge in [-0.25, -0.2) is 0 Å². The second kappa shape index (κ2) is 3.24. The Hall–Kier alpha value is -1.24. The van der Waals surface area contributed by atoms with Crippen LogP contribution >= 0.6 is 0 Å². The lowest BCUT2D eigenvalue weighted by Crippen LogP contribution is -2.13. The number of hydrogen-bond donors (Lipinski definition) is 0. The molecule has 0 saturated heterocycles. The molecule has 0 aliphatic carbocycles. The quantitative estimate of drug-likeness (QED) is 0.580. The van der Waals surface area contributed by atoms with Crippen LogP contribution < -0.4 is 0 Å². The van der Waals surface area contributed by atoms with Crippen molar-refractivity contribution in [1.82, 2.24) is 4.90 Å². The highest BCUT2D eigenvalue weighted by molar-refractivity contribution is 5.35. The molecular formula is C10H13N. The highest BCUT2D eigenvalue weighted by Gasteiger charge is 2.06. The molecule has 1 aliphatic rings. The Morgan fingerprint density at radius 1 is 1.45 bits per heavy atom. The van der Waals surface area contributed by atoms with Crippen LogP contribution in [0.3, 0.4) is 0 Å². The largest absolute Gasteiger partial charge is 0.351 e. The van der Waals surface area contributed by atoms with Gasteiger partial charge in [0.1, 0.15) is 0 Å². The van der Waals surface area contributed by atoms with Gasteiger partial charge in [0.2, 0.25) is 0 Å². The van der Waals surface area contributed by atoms with Gasteiger partial charge in [-0.15, -0.1) is 0 Å². The molecule has 0 amide bonds. The highest BCUT2D eigenvalue weighted by atomic mass is 15.1. The zero-order valence-electron chi connectivity index (χ0n) is 6.88. The lowest BCUT2D eigenvalue weighted by Gasteiger charge is -2.21. The molecule has 0 aromatic rings. The standard InChI is InChI=1S/C10H13N/c1-4-9-7-6-8-11(3)10(9)5-2/h4-6,8H,1-2,7H2,3H3.